The fourth-order valence-electron chi connectivity index (χ4n) is 6.71. The van der Waals surface area contributed by atoms with E-state index in [0.717, 1.165) is 36.8 Å². The van der Waals surface area contributed by atoms with Gasteiger partial charge < -0.3 is 25.8 Å². The highest BCUT2D eigenvalue weighted by Crippen LogP contribution is 2.46. The largest absolute Gasteiger partial charge is 0.469 e. The Hall–Kier alpha value is -3.35. The Kier molecular flexibility index (Phi) is 5.94. The molecular weight excluding hydrogens is 448 g/mol. The van der Waals surface area contributed by atoms with E-state index in [2.05, 4.69) is 76.9 Å². The average molecular weight is 483 g/mol. The second-order valence-corrected chi connectivity index (χ2v) is 10.2. The van der Waals surface area contributed by atoms with Gasteiger partial charge in [-0.1, -0.05) is 42.0 Å². The summed E-state index contributed by atoms with van der Waals surface area (Å²) in [5.41, 5.74) is 14.5. The van der Waals surface area contributed by atoms with Gasteiger partial charge in [-0.2, -0.15) is 0 Å². The van der Waals surface area contributed by atoms with Crippen LogP contribution in [0.25, 0.3) is 21.8 Å². The highest BCUT2D eigenvalue weighted by atomic mass is 16.5. The molecule has 4 atom stereocenters. The van der Waals surface area contributed by atoms with Crippen LogP contribution in [0.5, 0.6) is 0 Å². The summed E-state index contributed by atoms with van der Waals surface area (Å²) in [7, 11) is 1.51. The van der Waals surface area contributed by atoms with E-state index in [0.29, 0.717) is 6.54 Å². The second kappa shape index (κ2) is 9.26. The van der Waals surface area contributed by atoms with E-state index in [1.54, 1.807) is 0 Å². The molecule has 0 radical (unpaired) electrons. The van der Waals surface area contributed by atoms with Crippen LogP contribution in [0.15, 0.2) is 60.3 Å². The zero-order valence-corrected chi connectivity index (χ0v) is 20.9. The molecule has 0 unspecified atom stereocenters. The van der Waals surface area contributed by atoms with E-state index < -0.39 is 0 Å². The Morgan fingerprint density at radius 2 is 2.03 bits per heavy atom. The first-order valence-electron chi connectivity index (χ1n) is 13.0. The molecule has 2 aliphatic rings. The number of nitrogens with two attached hydrogens (primary N) is 1. The molecule has 0 saturated carbocycles. The molecule has 4 aromatic rings. The number of ether oxygens (including phenoxy) is 1. The standard InChI is InChI=1S/C30H34N4O2/c1-3-17-15-33-27-14-24-21-6-4-5-7-25(21)34-29(24)23(13-22(17)28(27)30(35)36-2)18-8-9-20-19(10-11-31)16-32-26(20)12-18/h3-9,12,16,22-23,27-28,32-34H,10-11,13-15,31H2,1-2H3/b17-3+/t22-,23-,27-,28-/m0/s1. The Morgan fingerprint density at radius 3 is 2.83 bits per heavy atom. The van der Waals surface area contributed by atoms with Crippen molar-refractivity contribution in [3.8, 4) is 0 Å². The van der Waals surface area contributed by atoms with Crippen molar-refractivity contribution in [2.24, 2.45) is 17.6 Å². The number of piperidine rings is 1. The number of hydrogen-bond acceptors (Lipinski definition) is 4. The number of esters is 1. The minimum absolute atomic E-state index is 0.0368. The van der Waals surface area contributed by atoms with Crippen LogP contribution in [0.1, 0.15) is 41.6 Å². The van der Waals surface area contributed by atoms with Gasteiger partial charge in [-0.05, 0) is 67.5 Å². The number of aromatic nitrogens is 2. The molecule has 1 fully saturated rings. The van der Waals surface area contributed by atoms with Gasteiger partial charge in [0, 0.05) is 52.2 Å². The van der Waals surface area contributed by atoms with Crippen LogP contribution in [-0.2, 0) is 22.4 Å². The predicted octanol–water partition coefficient (Wildman–Crippen LogP) is 4.55. The van der Waals surface area contributed by atoms with Gasteiger partial charge in [0.25, 0.3) is 0 Å². The Balaban J connectivity index is 1.55. The van der Waals surface area contributed by atoms with Gasteiger partial charge in [0.1, 0.15) is 0 Å². The fraction of sp³-hybridized carbons (Fsp3) is 0.367. The van der Waals surface area contributed by atoms with E-state index in [9.17, 15) is 4.79 Å². The maximum absolute atomic E-state index is 13.2. The molecule has 6 nitrogen and oxygen atoms in total. The summed E-state index contributed by atoms with van der Waals surface area (Å²) in [6, 6.07) is 15.3. The monoisotopic (exact) mass is 482 g/mol. The Morgan fingerprint density at radius 1 is 1.17 bits per heavy atom. The zero-order chi connectivity index (χ0) is 24.8. The fourth-order valence-corrected chi connectivity index (χ4v) is 6.71. The van der Waals surface area contributed by atoms with E-state index >= 15 is 0 Å². The molecule has 186 valence electrons. The number of para-hydroxylation sites is 1. The third-order valence-electron chi connectivity index (χ3n) is 8.47. The summed E-state index contributed by atoms with van der Waals surface area (Å²) >= 11 is 0. The molecule has 5 N–H and O–H groups in total. The number of fused-ring (bicyclic) bond motifs is 6. The van der Waals surface area contributed by atoms with Gasteiger partial charge >= 0.3 is 5.97 Å². The van der Waals surface area contributed by atoms with Crippen molar-refractivity contribution in [2.75, 3.05) is 20.2 Å². The maximum Gasteiger partial charge on any atom is 0.310 e. The quantitative estimate of drug-likeness (QED) is 0.253. The van der Waals surface area contributed by atoms with Crippen LogP contribution in [0.4, 0.5) is 0 Å². The van der Waals surface area contributed by atoms with Crippen molar-refractivity contribution < 1.29 is 9.53 Å². The summed E-state index contributed by atoms with van der Waals surface area (Å²) in [4.78, 5) is 20.5. The number of H-pyrrole nitrogens is 2. The highest BCUT2D eigenvalue weighted by molar-refractivity contribution is 5.87. The molecule has 2 aromatic heterocycles. The highest BCUT2D eigenvalue weighted by Gasteiger charge is 2.45. The molecule has 0 amide bonds. The second-order valence-electron chi connectivity index (χ2n) is 10.2. The summed E-state index contributed by atoms with van der Waals surface area (Å²) in [5.74, 6) is -0.0934. The van der Waals surface area contributed by atoms with Crippen molar-refractivity contribution >= 4 is 27.8 Å². The van der Waals surface area contributed by atoms with Gasteiger partial charge in [0.2, 0.25) is 0 Å². The van der Waals surface area contributed by atoms with E-state index in [1.165, 1.54) is 45.8 Å². The van der Waals surface area contributed by atoms with E-state index in [-0.39, 0.29) is 29.8 Å². The molecular formula is C30H34N4O2. The van der Waals surface area contributed by atoms with Gasteiger partial charge in [-0.3, -0.25) is 4.79 Å². The minimum atomic E-state index is -0.218. The number of rotatable bonds is 4. The van der Waals surface area contributed by atoms with Crippen LogP contribution >= 0.6 is 0 Å². The molecule has 0 spiro atoms. The molecule has 1 saturated heterocycles. The molecule has 1 aliphatic carbocycles. The lowest BCUT2D eigenvalue weighted by atomic mass is 9.68. The van der Waals surface area contributed by atoms with Crippen molar-refractivity contribution in [3.63, 3.8) is 0 Å². The number of allylic oxidation sites excluding steroid dienone is 1. The smallest absolute Gasteiger partial charge is 0.310 e. The van der Waals surface area contributed by atoms with Gasteiger partial charge in [0.05, 0.1) is 13.0 Å². The summed E-state index contributed by atoms with van der Waals surface area (Å²) < 4.78 is 5.37. The molecule has 6 rings (SSSR count). The first-order valence-corrected chi connectivity index (χ1v) is 13.0. The predicted molar refractivity (Wildman–Crippen MR) is 144 cm³/mol. The van der Waals surface area contributed by atoms with Crippen LogP contribution in [-0.4, -0.2) is 42.2 Å². The summed E-state index contributed by atoms with van der Waals surface area (Å²) in [5, 5.41) is 6.15. The van der Waals surface area contributed by atoms with Gasteiger partial charge in [0.15, 0.2) is 0 Å². The third-order valence-corrected chi connectivity index (χ3v) is 8.47. The lowest BCUT2D eigenvalue weighted by Crippen LogP contribution is -2.53. The lowest BCUT2D eigenvalue weighted by molar-refractivity contribution is -0.149. The van der Waals surface area contributed by atoms with Crippen molar-refractivity contribution in [2.45, 2.75) is 38.1 Å². The number of carbonyl (C=O) groups excluding carboxylic acids is 1. The van der Waals surface area contributed by atoms with Crippen LogP contribution in [0.2, 0.25) is 0 Å². The molecule has 1 aliphatic heterocycles. The van der Waals surface area contributed by atoms with Gasteiger partial charge in [-0.25, -0.2) is 0 Å². The van der Waals surface area contributed by atoms with Crippen molar-refractivity contribution in [1.82, 2.24) is 15.3 Å². The Bertz CT molecular complexity index is 1460. The van der Waals surface area contributed by atoms with Crippen molar-refractivity contribution in [3.05, 3.63) is 82.7 Å². The van der Waals surface area contributed by atoms with E-state index in [4.69, 9.17) is 10.5 Å². The summed E-state index contributed by atoms with van der Waals surface area (Å²) in [6.07, 6.45) is 6.75. The lowest BCUT2D eigenvalue weighted by Gasteiger charge is -2.42. The third kappa shape index (κ3) is 3.67. The average Bonchev–Trinajstić information content (AvgIpc) is 3.47. The first-order chi connectivity index (χ1) is 17.6. The first kappa shape index (κ1) is 23.1. The van der Waals surface area contributed by atoms with Gasteiger partial charge in [-0.15, -0.1) is 0 Å². The molecule has 36 heavy (non-hydrogen) atoms. The SMILES string of the molecule is C/C=C1\CN[C@H]2Cc3c([nH]c4ccccc34)[C@H](c3ccc4c(CCN)c[nH]c4c3)C[C@@H]1[C@@H]2C(=O)OC. The van der Waals surface area contributed by atoms with Crippen LogP contribution in [0.3, 0.4) is 0 Å². The Labute approximate surface area is 211 Å². The summed E-state index contributed by atoms with van der Waals surface area (Å²) in [6.45, 7) is 3.52. The minimum Gasteiger partial charge on any atom is -0.469 e. The van der Waals surface area contributed by atoms with E-state index in [1.807, 2.05) is 0 Å². The van der Waals surface area contributed by atoms with Crippen LogP contribution < -0.4 is 11.1 Å². The van der Waals surface area contributed by atoms with Crippen molar-refractivity contribution in [1.29, 1.82) is 0 Å². The maximum atomic E-state index is 13.2. The number of methoxy groups -OCH3 is 1. The molecule has 6 heteroatoms. The zero-order valence-electron chi connectivity index (χ0n) is 20.9. The molecule has 2 aromatic carbocycles. The number of aromatic amines is 2. The molecule has 2 bridgehead atoms. The number of nitrogens with one attached hydrogen (secondary N) is 3. The normalized spacial score (nSPS) is 25.0. The van der Waals surface area contributed by atoms with Crippen LogP contribution in [0, 0.1) is 11.8 Å². The number of carbonyl (C=O) groups is 1. The topological polar surface area (TPSA) is 95.9 Å². The number of hydrogen-bond donors (Lipinski definition) is 4. The molecule has 3 heterocycles. The number of benzene rings is 2.